The van der Waals surface area contributed by atoms with Crippen molar-refractivity contribution in [3.8, 4) is 0 Å². The number of allylic oxidation sites excluding steroid dienone is 3. The highest BCUT2D eigenvalue weighted by molar-refractivity contribution is 5.93. The molecule has 1 amide bonds. The molecule has 0 spiro atoms. The fourth-order valence-electron chi connectivity index (χ4n) is 2.70. The Morgan fingerprint density at radius 3 is 2.29 bits per heavy atom. The number of carbonyl (C=O) groups is 2. The largest absolute Gasteiger partial charge is 0.432 e. The molecule has 0 saturated heterocycles. The molecule has 4 heteroatoms. The predicted octanol–water partition coefficient (Wildman–Crippen LogP) is 3.48. The van der Waals surface area contributed by atoms with Crippen molar-refractivity contribution in [2.75, 3.05) is 0 Å². The summed E-state index contributed by atoms with van der Waals surface area (Å²) in [7, 11) is 0. The van der Waals surface area contributed by atoms with Crippen LogP contribution in [0.1, 0.15) is 59.8 Å². The summed E-state index contributed by atoms with van der Waals surface area (Å²) in [5, 5.41) is 3.10. The third-order valence-corrected chi connectivity index (χ3v) is 3.61. The highest BCUT2D eigenvalue weighted by Crippen LogP contribution is 2.18. The molecule has 1 unspecified atom stereocenters. The van der Waals surface area contributed by atoms with Crippen molar-refractivity contribution in [1.82, 2.24) is 5.32 Å². The van der Waals surface area contributed by atoms with Crippen LogP contribution >= 0.6 is 0 Å². The predicted molar refractivity (Wildman–Crippen MR) is 83.5 cm³/mol. The zero-order chi connectivity index (χ0) is 15.8. The Morgan fingerprint density at radius 1 is 1.10 bits per heavy atom. The number of nitrogens with one attached hydrogen (secondary N) is 1. The van der Waals surface area contributed by atoms with E-state index in [2.05, 4.69) is 5.32 Å². The number of rotatable bonds is 5. The van der Waals surface area contributed by atoms with Gasteiger partial charge in [0, 0.05) is 18.5 Å². The van der Waals surface area contributed by atoms with E-state index in [4.69, 9.17) is 4.74 Å². The fourth-order valence-corrected chi connectivity index (χ4v) is 2.70. The Bertz CT molecular complexity index is 431. The second-order valence-electron chi connectivity index (χ2n) is 5.89. The van der Waals surface area contributed by atoms with Crippen molar-refractivity contribution in [1.29, 1.82) is 0 Å². The second kappa shape index (κ2) is 8.65. The average molecular weight is 293 g/mol. The van der Waals surface area contributed by atoms with E-state index in [1.807, 2.05) is 26.0 Å². The van der Waals surface area contributed by atoms with Gasteiger partial charge in [0.05, 0.1) is 0 Å². The minimum Gasteiger partial charge on any atom is -0.432 e. The van der Waals surface area contributed by atoms with Gasteiger partial charge in [0.2, 0.25) is 5.91 Å². The van der Waals surface area contributed by atoms with E-state index in [0.717, 1.165) is 12.8 Å². The first-order valence-corrected chi connectivity index (χ1v) is 7.74. The zero-order valence-electron chi connectivity index (χ0n) is 13.6. The highest BCUT2D eigenvalue weighted by Gasteiger charge is 2.16. The summed E-state index contributed by atoms with van der Waals surface area (Å²) >= 11 is 0. The first-order chi connectivity index (χ1) is 9.88. The lowest BCUT2D eigenvalue weighted by molar-refractivity contribution is -0.136. The minimum atomic E-state index is -0.327. The maximum Gasteiger partial charge on any atom is 0.307 e. The third-order valence-electron chi connectivity index (χ3n) is 3.61. The van der Waals surface area contributed by atoms with Crippen LogP contribution in [0.15, 0.2) is 23.5 Å². The molecule has 1 fully saturated rings. The van der Waals surface area contributed by atoms with Gasteiger partial charge in [-0.15, -0.1) is 0 Å². The van der Waals surface area contributed by atoms with Crippen molar-refractivity contribution < 1.29 is 14.3 Å². The molecule has 1 rings (SSSR count). The van der Waals surface area contributed by atoms with Crippen molar-refractivity contribution >= 4 is 11.9 Å². The van der Waals surface area contributed by atoms with Crippen LogP contribution in [0.5, 0.6) is 0 Å². The summed E-state index contributed by atoms with van der Waals surface area (Å²) in [6.45, 7) is 6.90. The number of amides is 1. The van der Waals surface area contributed by atoms with Gasteiger partial charge in [0.1, 0.15) is 5.76 Å². The first-order valence-electron chi connectivity index (χ1n) is 7.74. The van der Waals surface area contributed by atoms with E-state index in [1.165, 1.54) is 26.2 Å². The molecule has 0 bridgehead atoms. The molecule has 0 radical (unpaired) electrons. The number of ether oxygens (including phenoxy) is 1. The lowest BCUT2D eigenvalue weighted by atomic mass is 9.95. The van der Waals surface area contributed by atoms with Gasteiger partial charge in [-0.2, -0.15) is 0 Å². The number of carbonyl (C=O) groups excluding carboxylic acids is 2. The molecule has 1 aliphatic carbocycles. The Kier molecular flexibility index (Phi) is 7.20. The third kappa shape index (κ3) is 7.11. The molecule has 1 atom stereocenters. The van der Waals surface area contributed by atoms with Crippen LogP contribution in [-0.4, -0.2) is 17.9 Å². The van der Waals surface area contributed by atoms with E-state index in [-0.39, 0.29) is 17.8 Å². The Labute approximate surface area is 127 Å². The van der Waals surface area contributed by atoms with Crippen molar-refractivity contribution in [3.05, 3.63) is 23.5 Å². The van der Waals surface area contributed by atoms with Crippen molar-refractivity contribution in [2.45, 2.75) is 65.8 Å². The van der Waals surface area contributed by atoms with Crippen LogP contribution in [0.3, 0.4) is 0 Å². The van der Waals surface area contributed by atoms with Crippen LogP contribution in [0, 0.1) is 5.92 Å². The molecule has 1 saturated carbocycles. The molecule has 0 aliphatic heterocycles. The molecule has 4 nitrogen and oxygen atoms in total. The molecule has 21 heavy (non-hydrogen) atoms. The molecule has 118 valence electrons. The summed E-state index contributed by atoms with van der Waals surface area (Å²) in [5.74, 6) is 0.284. The van der Waals surface area contributed by atoms with E-state index in [0.29, 0.717) is 17.4 Å². The monoisotopic (exact) mass is 293 g/mol. The molecule has 0 aromatic rings. The van der Waals surface area contributed by atoms with E-state index >= 15 is 0 Å². The molecular weight excluding hydrogens is 266 g/mol. The summed E-state index contributed by atoms with van der Waals surface area (Å²) in [6.07, 6.45) is 9.57. The Hall–Kier alpha value is -1.58. The van der Waals surface area contributed by atoms with Crippen molar-refractivity contribution in [2.24, 2.45) is 5.92 Å². The molecule has 1 aliphatic rings. The second-order valence-corrected chi connectivity index (χ2v) is 5.89. The van der Waals surface area contributed by atoms with Gasteiger partial charge < -0.3 is 10.1 Å². The van der Waals surface area contributed by atoms with E-state index in [9.17, 15) is 9.59 Å². The summed E-state index contributed by atoms with van der Waals surface area (Å²) < 4.78 is 4.98. The van der Waals surface area contributed by atoms with E-state index < -0.39 is 0 Å². The maximum absolute atomic E-state index is 12.1. The zero-order valence-corrected chi connectivity index (χ0v) is 13.6. The fraction of sp³-hybridized carbons (Fsp3) is 0.647. The lowest BCUT2D eigenvalue weighted by Gasteiger charge is -2.23. The van der Waals surface area contributed by atoms with Crippen LogP contribution in [-0.2, 0) is 14.3 Å². The molecular formula is C17H27NO3. The van der Waals surface area contributed by atoms with Gasteiger partial charge in [-0.25, -0.2) is 0 Å². The minimum absolute atomic E-state index is 0.00675. The number of hydrogen-bond acceptors (Lipinski definition) is 3. The van der Waals surface area contributed by atoms with Crippen LogP contribution < -0.4 is 5.32 Å². The normalized spacial score (nSPS) is 19.0. The smallest absolute Gasteiger partial charge is 0.307 e. The van der Waals surface area contributed by atoms with Crippen LogP contribution in [0.4, 0.5) is 0 Å². The lowest BCUT2D eigenvalue weighted by Crippen LogP contribution is -2.36. The molecule has 1 N–H and O–H groups in total. The highest BCUT2D eigenvalue weighted by atomic mass is 16.5. The Balaban J connectivity index is 2.53. The van der Waals surface area contributed by atoms with Gasteiger partial charge in [-0.3, -0.25) is 9.59 Å². The number of esters is 1. The summed E-state index contributed by atoms with van der Waals surface area (Å²) in [4.78, 5) is 23.0. The Morgan fingerprint density at radius 2 is 1.71 bits per heavy atom. The van der Waals surface area contributed by atoms with Gasteiger partial charge in [-0.1, -0.05) is 32.3 Å². The van der Waals surface area contributed by atoms with Crippen LogP contribution in [0.25, 0.3) is 0 Å². The summed E-state index contributed by atoms with van der Waals surface area (Å²) in [5.41, 5.74) is 0.708. The molecule has 0 aromatic carbocycles. The van der Waals surface area contributed by atoms with Gasteiger partial charge in [0.15, 0.2) is 0 Å². The van der Waals surface area contributed by atoms with Crippen LogP contribution in [0.2, 0.25) is 0 Å². The van der Waals surface area contributed by atoms with Gasteiger partial charge in [0.25, 0.3) is 0 Å². The first kappa shape index (κ1) is 17.5. The topological polar surface area (TPSA) is 55.4 Å². The molecule has 0 heterocycles. The molecule has 0 aromatic heterocycles. The average Bonchev–Trinajstić information content (AvgIpc) is 2.38. The standard InChI is InChI=1S/C17H27NO3/c1-12(11-14(3)21-15(4)19)10-13(2)17(20)18-16-8-6-5-7-9-16/h10-12,16H,5-9H2,1-4H3,(H,18,20). The maximum atomic E-state index is 12.1. The quantitative estimate of drug-likeness (QED) is 0.479. The van der Waals surface area contributed by atoms with Crippen molar-refractivity contribution in [3.63, 3.8) is 0 Å². The summed E-state index contributed by atoms with van der Waals surface area (Å²) in [6, 6.07) is 0.322. The van der Waals surface area contributed by atoms with Gasteiger partial charge in [-0.05, 0) is 38.7 Å². The number of hydrogen-bond donors (Lipinski definition) is 1. The van der Waals surface area contributed by atoms with E-state index in [1.54, 1.807) is 6.92 Å². The SMILES string of the molecule is CC(=O)OC(C)=CC(C)C=C(C)C(=O)NC1CCCCC1. The van der Waals surface area contributed by atoms with Gasteiger partial charge >= 0.3 is 5.97 Å².